The van der Waals surface area contributed by atoms with E-state index in [1.165, 1.54) is 19.1 Å². The van der Waals surface area contributed by atoms with Crippen molar-refractivity contribution in [3.8, 4) is 11.5 Å². The first-order chi connectivity index (χ1) is 18.6. The molecule has 0 aliphatic heterocycles. The van der Waals surface area contributed by atoms with E-state index in [4.69, 9.17) is 14.2 Å². The van der Waals surface area contributed by atoms with Gasteiger partial charge in [0.25, 0.3) is 5.91 Å². The van der Waals surface area contributed by atoms with Crippen LogP contribution < -0.4 is 15.4 Å². The fourth-order valence-electron chi connectivity index (χ4n) is 3.55. The topological polar surface area (TPSA) is 103 Å². The number of fused-ring (bicyclic) bond motifs is 1. The number of benzene rings is 3. The van der Waals surface area contributed by atoms with Gasteiger partial charge < -0.3 is 24.8 Å². The summed E-state index contributed by atoms with van der Waals surface area (Å²) in [6.07, 6.45) is -5.19. The van der Waals surface area contributed by atoms with Crippen LogP contribution in [0.1, 0.15) is 50.5 Å². The van der Waals surface area contributed by atoms with Crippen LogP contribution >= 0.6 is 0 Å². The number of nitrogens with one attached hydrogen (secondary N) is 2. The van der Waals surface area contributed by atoms with Crippen LogP contribution in [0.2, 0.25) is 0 Å². The Kier molecular flexibility index (Phi) is 9.28. The standard InChI is InChI=1S/C29H31F3N2O6/c1-17(16-38-26(36)18(2)34-27(37)40-28(3,4)5)33-25(35)20-9-14-23-19(15-20)7-6-8-24(23)39-22-12-10-21(11-13-22)29(30,31)32/h6-15,17-18H,16H2,1-5H3,(H,33,35)(H,34,37)/t17-,18+/m1/s1. The molecule has 0 aliphatic rings. The average Bonchev–Trinajstić information content (AvgIpc) is 2.85. The lowest BCUT2D eigenvalue weighted by Crippen LogP contribution is -2.44. The molecule has 0 spiro atoms. The van der Waals surface area contributed by atoms with Gasteiger partial charge in [-0.3, -0.25) is 4.79 Å². The molecule has 0 saturated carbocycles. The molecule has 0 aliphatic carbocycles. The second-order valence-corrected chi connectivity index (χ2v) is 10.2. The van der Waals surface area contributed by atoms with Crippen LogP contribution in [0, 0.1) is 0 Å². The Morgan fingerprint density at radius 3 is 2.20 bits per heavy atom. The first-order valence-electron chi connectivity index (χ1n) is 12.5. The van der Waals surface area contributed by atoms with Crippen LogP contribution in [-0.4, -0.2) is 42.3 Å². The fraction of sp³-hybridized carbons (Fsp3) is 0.345. The molecule has 3 aromatic rings. The Balaban J connectivity index is 1.58. The highest BCUT2D eigenvalue weighted by molar-refractivity contribution is 6.00. The molecule has 3 rings (SSSR count). The highest BCUT2D eigenvalue weighted by Crippen LogP contribution is 2.33. The van der Waals surface area contributed by atoms with Crippen LogP contribution in [0.4, 0.5) is 18.0 Å². The minimum absolute atomic E-state index is 0.121. The molecule has 11 heteroatoms. The molecule has 0 fully saturated rings. The Labute approximate surface area is 229 Å². The van der Waals surface area contributed by atoms with Crippen LogP contribution in [0.3, 0.4) is 0 Å². The third-order valence-corrected chi connectivity index (χ3v) is 5.45. The van der Waals surface area contributed by atoms with Gasteiger partial charge in [-0.25, -0.2) is 9.59 Å². The zero-order valence-corrected chi connectivity index (χ0v) is 22.7. The summed E-state index contributed by atoms with van der Waals surface area (Å²) in [7, 11) is 0. The molecule has 2 N–H and O–H groups in total. The quantitative estimate of drug-likeness (QED) is 0.317. The van der Waals surface area contributed by atoms with E-state index in [1.807, 2.05) is 0 Å². The molecule has 0 radical (unpaired) electrons. The number of hydrogen-bond donors (Lipinski definition) is 2. The predicted octanol–water partition coefficient (Wildman–Crippen LogP) is 6.23. The Morgan fingerprint density at radius 1 is 0.900 bits per heavy atom. The second kappa shape index (κ2) is 12.3. The molecule has 0 aromatic heterocycles. The summed E-state index contributed by atoms with van der Waals surface area (Å²) in [5, 5.41) is 6.48. The number of halogens is 3. The number of hydrogen-bond acceptors (Lipinski definition) is 6. The number of carbonyl (C=O) groups is 3. The molecule has 40 heavy (non-hydrogen) atoms. The maximum atomic E-state index is 12.8. The van der Waals surface area contributed by atoms with Crippen molar-refractivity contribution in [2.24, 2.45) is 0 Å². The van der Waals surface area contributed by atoms with Gasteiger partial charge in [0.15, 0.2) is 0 Å². The second-order valence-electron chi connectivity index (χ2n) is 10.2. The minimum Gasteiger partial charge on any atom is -0.462 e. The van der Waals surface area contributed by atoms with E-state index in [-0.39, 0.29) is 12.4 Å². The molecular formula is C29H31F3N2O6. The molecular weight excluding hydrogens is 529 g/mol. The first kappa shape index (κ1) is 30.3. The molecule has 0 heterocycles. The van der Waals surface area contributed by atoms with Crippen molar-refractivity contribution in [2.75, 3.05) is 6.61 Å². The number of amides is 2. The Bertz CT molecular complexity index is 1370. The van der Waals surface area contributed by atoms with Crippen molar-refractivity contribution >= 4 is 28.7 Å². The zero-order valence-electron chi connectivity index (χ0n) is 22.7. The lowest BCUT2D eigenvalue weighted by molar-refractivity contribution is -0.146. The number of alkyl carbamates (subject to hydrolysis) is 1. The number of esters is 1. The van der Waals surface area contributed by atoms with E-state index in [2.05, 4.69) is 10.6 Å². The average molecular weight is 561 g/mol. The Morgan fingerprint density at radius 2 is 1.57 bits per heavy atom. The number of carbonyl (C=O) groups excluding carboxylic acids is 3. The molecule has 2 atom stereocenters. The van der Waals surface area contributed by atoms with E-state index >= 15 is 0 Å². The molecule has 2 amide bonds. The highest BCUT2D eigenvalue weighted by atomic mass is 19.4. The van der Waals surface area contributed by atoms with E-state index in [1.54, 1.807) is 64.1 Å². The van der Waals surface area contributed by atoms with Crippen LogP contribution in [0.5, 0.6) is 11.5 Å². The fourth-order valence-corrected chi connectivity index (χ4v) is 3.55. The van der Waals surface area contributed by atoms with Gasteiger partial charge >= 0.3 is 18.2 Å². The summed E-state index contributed by atoms with van der Waals surface area (Å²) < 4.78 is 54.6. The van der Waals surface area contributed by atoms with Gasteiger partial charge in [0.05, 0.1) is 11.6 Å². The third kappa shape index (κ3) is 8.62. The summed E-state index contributed by atoms with van der Waals surface area (Å²) in [6.45, 7) is 8.10. The smallest absolute Gasteiger partial charge is 0.416 e. The van der Waals surface area contributed by atoms with Gasteiger partial charge in [0, 0.05) is 10.9 Å². The molecule has 214 valence electrons. The molecule has 8 nitrogen and oxygen atoms in total. The van der Waals surface area contributed by atoms with Gasteiger partial charge in [-0.2, -0.15) is 13.2 Å². The predicted molar refractivity (Wildman–Crippen MR) is 142 cm³/mol. The molecule has 3 aromatic carbocycles. The minimum atomic E-state index is -4.44. The summed E-state index contributed by atoms with van der Waals surface area (Å²) >= 11 is 0. The summed E-state index contributed by atoms with van der Waals surface area (Å²) in [5.41, 5.74) is -1.14. The molecule has 0 unspecified atom stereocenters. The SMILES string of the molecule is C[C@H](COC(=O)[C@H](C)NC(=O)OC(C)(C)C)NC(=O)c1ccc2c(Oc3ccc(C(F)(F)F)cc3)cccc2c1. The number of alkyl halides is 3. The van der Waals surface area contributed by atoms with Crippen molar-refractivity contribution < 1.29 is 41.8 Å². The van der Waals surface area contributed by atoms with Crippen LogP contribution in [0.25, 0.3) is 10.8 Å². The summed E-state index contributed by atoms with van der Waals surface area (Å²) in [4.78, 5) is 36.8. The van der Waals surface area contributed by atoms with Crippen molar-refractivity contribution in [1.29, 1.82) is 0 Å². The van der Waals surface area contributed by atoms with E-state index in [9.17, 15) is 27.6 Å². The van der Waals surface area contributed by atoms with Crippen molar-refractivity contribution in [3.05, 3.63) is 71.8 Å². The lowest BCUT2D eigenvalue weighted by Gasteiger charge is -2.22. The maximum absolute atomic E-state index is 12.8. The van der Waals surface area contributed by atoms with E-state index < -0.39 is 47.4 Å². The zero-order chi connectivity index (χ0) is 29.7. The van der Waals surface area contributed by atoms with Crippen LogP contribution in [0.15, 0.2) is 60.7 Å². The lowest BCUT2D eigenvalue weighted by atomic mass is 10.1. The third-order valence-electron chi connectivity index (χ3n) is 5.45. The van der Waals surface area contributed by atoms with Crippen molar-refractivity contribution in [2.45, 2.75) is 58.5 Å². The monoisotopic (exact) mass is 560 g/mol. The summed E-state index contributed by atoms with van der Waals surface area (Å²) in [5.74, 6) is -0.433. The number of rotatable bonds is 8. The normalized spacial score (nSPS) is 13.2. The van der Waals surface area contributed by atoms with Crippen molar-refractivity contribution in [3.63, 3.8) is 0 Å². The van der Waals surface area contributed by atoms with Gasteiger partial charge in [0.2, 0.25) is 0 Å². The van der Waals surface area contributed by atoms with Crippen LogP contribution in [-0.2, 0) is 20.4 Å². The highest BCUT2D eigenvalue weighted by Gasteiger charge is 2.30. The summed E-state index contributed by atoms with van der Waals surface area (Å²) in [6, 6.07) is 13.0. The van der Waals surface area contributed by atoms with Gasteiger partial charge in [-0.15, -0.1) is 0 Å². The first-order valence-corrected chi connectivity index (χ1v) is 12.5. The maximum Gasteiger partial charge on any atom is 0.416 e. The molecule has 0 saturated heterocycles. The van der Waals surface area contributed by atoms with Gasteiger partial charge in [-0.1, -0.05) is 12.1 Å². The van der Waals surface area contributed by atoms with Crippen molar-refractivity contribution in [1.82, 2.24) is 10.6 Å². The van der Waals surface area contributed by atoms with Gasteiger partial charge in [-0.05, 0) is 88.5 Å². The Hall–Kier alpha value is -4.28. The molecule has 0 bridgehead atoms. The van der Waals surface area contributed by atoms with Gasteiger partial charge in [0.1, 0.15) is 29.7 Å². The van der Waals surface area contributed by atoms with E-state index in [0.717, 1.165) is 12.1 Å². The van der Waals surface area contributed by atoms with E-state index in [0.29, 0.717) is 22.1 Å². The largest absolute Gasteiger partial charge is 0.462 e. The number of ether oxygens (including phenoxy) is 3.